The molecule has 0 spiro atoms. The van der Waals surface area contributed by atoms with E-state index in [0.29, 0.717) is 11.3 Å². The number of anilines is 1. The second kappa shape index (κ2) is 7.56. The standard InChI is InChI=1S/C17H17FN2O4/c1-11(16(21)19-24)20(15-7-5-14(18)6-8-15)10-12-3-2-4-13(9-12)17(22)23/h2-9,11,24H,10H2,1H3,(H,19,21)(H,22,23). The Labute approximate surface area is 138 Å². The fourth-order valence-electron chi connectivity index (χ4n) is 2.32. The van der Waals surface area contributed by atoms with Gasteiger partial charge in [-0.05, 0) is 48.9 Å². The predicted octanol–water partition coefficient (Wildman–Crippen LogP) is 2.42. The summed E-state index contributed by atoms with van der Waals surface area (Å²) >= 11 is 0. The lowest BCUT2D eigenvalue weighted by Gasteiger charge is -2.30. The van der Waals surface area contributed by atoms with Crippen molar-refractivity contribution in [2.45, 2.75) is 19.5 Å². The van der Waals surface area contributed by atoms with E-state index >= 15 is 0 Å². The zero-order chi connectivity index (χ0) is 17.7. The van der Waals surface area contributed by atoms with E-state index in [2.05, 4.69) is 0 Å². The van der Waals surface area contributed by atoms with Gasteiger partial charge in [0.25, 0.3) is 5.91 Å². The van der Waals surface area contributed by atoms with E-state index < -0.39 is 23.7 Å². The Hall–Kier alpha value is -2.93. The molecule has 6 nitrogen and oxygen atoms in total. The number of hydrogen-bond acceptors (Lipinski definition) is 4. The third-order valence-corrected chi connectivity index (χ3v) is 3.64. The van der Waals surface area contributed by atoms with Gasteiger partial charge in [0.05, 0.1) is 5.56 Å². The summed E-state index contributed by atoms with van der Waals surface area (Å²) in [5.74, 6) is -2.09. The number of halogens is 1. The Kier molecular flexibility index (Phi) is 5.49. The minimum Gasteiger partial charge on any atom is -0.478 e. The molecule has 1 amide bonds. The maximum atomic E-state index is 13.1. The number of carbonyl (C=O) groups excluding carboxylic acids is 1. The normalized spacial score (nSPS) is 11.6. The van der Waals surface area contributed by atoms with Crippen LogP contribution in [-0.2, 0) is 11.3 Å². The van der Waals surface area contributed by atoms with Gasteiger partial charge in [-0.2, -0.15) is 0 Å². The predicted molar refractivity (Wildman–Crippen MR) is 85.4 cm³/mol. The molecule has 0 bridgehead atoms. The fraction of sp³-hybridized carbons (Fsp3) is 0.176. The molecule has 0 radical (unpaired) electrons. The Bertz CT molecular complexity index is 734. The Morgan fingerprint density at radius 2 is 1.88 bits per heavy atom. The molecule has 1 atom stereocenters. The van der Waals surface area contributed by atoms with Crippen molar-refractivity contribution in [1.29, 1.82) is 0 Å². The lowest BCUT2D eigenvalue weighted by Crippen LogP contribution is -2.44. The summed E-state index contributed by atoms with van der Waals surface area (Å²) in [6, 6.07) is 11.1. The first-order valence-electron chi connectivity index (χ1n) is 7.20. The van der Waals surface area contributed by atoms with E-state index in [-0.39, 0.29) is 12.1 Å². The van der Waals surface area contributed by atoms with Crippen molar-refractivity contribution in [2.75, 3.05) is 4.90 Å². The minimum atomic E-state index is -1.05. The molecule has 0 aliphatic rings. The number of benzene rings is 2. The van der Waals surface area contributed by atoms with Gasteiger partial charge in [0.1, 0.15) is 11.9 Å². The average molecular weight is 332 g/mol. The van der Waals surface area contributed by atoms with Crippen molar-refractivity contribution >= 4 is 17.6 Å². The van der Waals surface area contributed by atoms with Crippen molar-refractivity contribution in [3.8, 4) is 0 Å². The molecule has 0 aliphatic carbocycles. The Balaban J connectivity index is 2.35. The Morgan fingerprint density at radius 3 is 2.46 bits per heavy atom. The molecular formula is C17H17FN2O4. The number of nitrogens with zero attached hydrogens (tertiary/aromatic N) is 1. The number of aromatic carboxylic acids is 1. The van der Waals surface area contributed by atoms with Gasteiger partial charge < -0.3 is 10.0 Å². The molecule has 0 heterocycles. The maximum Gasteiger partial charge on any atom is 0.335 e. The second-order valence-corrected chi connectivity index (χ2v) is 5.26. The first kappa shape index (κ1) is 17.4. The van der Waals surface area contributed by atoms with Crippen molar-refractivity contribution < 1.29 is 24.3 Å². The highest BCUT2D eigenvalue weighted by Crippen LogP contribution is 2.21. The van der Waals surface area contributed by atoms with Crippen LogP contribution in [0, 0.1) is 5.82 Å². The average Bonchev–Trinajstić information content (AvgIpc) is 2.59. The number of rotatable bonds is 6. The van der Waals surface area contributed by atoms with Crippen LogP contribution < -0.4 is 10.4 Å². The molecule has 2 aromatic rings. The Morgan fingerprint density at radius 1 is 1.21 bits per heavy atom. The summed E-state index contributed by atoms with van der Waals surface area (Å²) < 4.78 is 13.1. The summed E-state index contributed by atoms with van der Waals surface area (Å²) in [6.07, 6.45) is 0. The third kappa shape index (κ3) is 4.08. The largest absolute Gasteiger partial charge is 0.478 e. The molecule has 0 saturated carbocycles. The van der Waals surface area contributed by atoms with E-state index in [0.717, 1.165) is 0 Å². The summed E-state index contributed by atoms with van der Waals surface area (Å²) in [5, 5.41) is 17.9. The van der Waals surface area contributed by atoms with Gasteiger partial charge >= 0.3 is 5.97 Å². The van der Waals surface area contributed by atoms with Crippen LogP contribution in [0.1, 0.15) is 22.8 Å². The molecule has 7 heteroatoms. The molecule has 24 heavy (non-hydrogen) atoms. The SMILES string of the molecule is CC(C(=O)NO)N(Cc1cccc(C(=O)O)c1)c1ccc(F)cc1. The quantitative estimate of drug-likeness (QED) is 0.558. The van der Waals surface area contributed by atoms with Gasteiger partial charge in [0.15, 0.2) is 0 Å². The number of hydrogen-bond donors (Lipinski definition) is 3. The van der Waals surface area contributed by atoms with E-state index in [9.17, 15) is 14.0 Å². The van der Waals surface area contributed by atoms with Gasteiger partial charge in [-0.25, -0.2) is 14.7 Å². The van der Waals surface area contributed by atoms with Crippen LogP contribution in [0.5, 0.6) is 0 Å². The molecule has 2 aromatic carbocycles. The van der Waals surface area contributed by atoms with Crippen molar-refractivity contribution in [2.24, 2.45) is 0 Å². The molecular weight excluding hydrogens is 315 g/mol. The zero-order valence-electron chi connectivity index (χ0n) is 12.9. The number of amides is 1. The summed E-state index contributed by atoms with van der Waals surface area (Å²) in [7, 11) is 0. The van der Waals surface area contributed by atoms with Crippen molar-refractivity contribution in [3.05, 3.63) is 65.5 Å². The number of carbonyl (C=O) groups is 2. The van der Waals surface area contributed by atoms with Gasteiger partial charge in [0.2, 0.25) is 0 Å². The molecule has 1 unspecified atom stereocenters. The summed E-state index contributed by atoms with van der Waals surface area (Å²) in [5.41, 5.74) is 2.95. The van der Waals surface area contributed by atoms with Crippen LogP contribution in [0.15, 0.2) is 48.5 Å². The zero-order valence-corrected chi connectivity index (χ0v) is 12.9. The molecule has 0 aliphatic heterocycles. The first-order valence-corrected chi connectivity index (χ1v) is 7.20. The van der Waals surface area contributed by atoms with E-state index in [1.807, 2.05) is 0 Å². The highest BCUT2D eigenvalue weighted by Gasteiger charge is 2.22. The highest BCUT2D eigenvalue weighted by atomic mass is 19.1. The van der Waals surface area contributed by atoms with Gasteiger partial charge in [-0.15, -0.1) is 0 Å². The number of nitrogens with one attached hydrogen (secondary N) is 1. The molecule has 2 rings (SSSR count). The van der Waals surface area contributed by atoms with Gasteiger partial charge in [0, 0.05) is 12.2 Å². The monoisotopic (exact) mass is 332 g/mol. The molecule has 0 aromatic heterocycles. The summed E-state index contributed by atoms with van der Waals surface area (Å²) in [4.78, 5) is 24.5. The number of carboxylic acid groups (broad SMARTS) is 1. The van der Waals surface area contributed by atoms with Gasteiger partial charge in [-0.1, -0.05) is 12.1 Å². The third-order valence-electron chi connectivity index (χ3n) is 3.64. The van der Waals surface area contributed by atoms with E-state index in [4.69, 9.17) is 10.3 Å². The van der Waals surface area contributed by atoms with Gasteiger partial charge in [-0.3, -0.25) is 10.0 Å². The van der Waals surface area contributed by atoms with Crippen LogP contribution in [0.2, 0.25) is 0 Å². The van der Waals surface area contributed by atoms with E-state index in [1.54, 1.807) is 29.4 Å². The number of carboxylic acids is 1. The van der Waals surface area contributed by atoms with Crippen LogP contribution >= 0.6 is 0 Å². The van der Waals surface area contributed by atoms with Crippen LogP contribution in [0.3, 0.4) is 0 Å². The van der Waals surface area contributed by atoms with Crippen molar-refractivity contribution in [3.63, 3.8) is 0 Å². The van der Waals surface area contributed by atoms with Crippen LogP contribution in [0.25, 0.3) is 0 Å². The fourth-order valence-corrected chi connectivity index (χ4v) is 2.32. The molecule has 0 saturated heterocycles. The first-order chi connectivity index (χ1) is 11.4. The van der Waals surface area contributed by atoms with E-state index in [1.165, 1.54) is 36.4 Å². The topological polar surface area (TPSA) is 89.9 Å². The molecule has 3 N–H and O–H groups in total. The minimum absolute atomic E-state index is 0.130. The molecule has 0 fully saturated rings. The number of hydroxylamine groups is 1. The lowest BCUT2D eigenvalue weighted by molar-refractivity contribution is -0.130. The smallest absolute Gasteiger partial charge is 0.335 e. The maximum absolute atomic E-state index is 13.1. The summed E-state index contributed by atoms with van der Waals surface area (Å²) in [6.45, 7) is 1.79. The van der Waals surface area contributed by atoms with Crippen LogP contribution in [0.4, 0.5) is 10.1 Å². The lowest BCUT2D eigenvalue weighted by atomic mass is 10.1. The van der Waals surface area contributed by atoms with Crippen LogP contribution in [-0.4, -0.2) is 28.2 Å². The second-order valence-electron chi connectivity index (χ2n) is 5.26. The van der Waals surface area contributed by atoms with Crippen molar-refractivity contribution in [1.82, 2.24) is 5.48 Å². The molecule has 126 valence electrons. The highest BCUT2D eigenvalue weighted by molar-refractivity contribution is 5.88.